The zero-order chi connectivity index (χ0) is 28.1. The minimum atomic E-state index is -0.584. The smallest absolute Gasteiger partial charge is 0.262 e. The van der Waals surface area contributed by atoms with E-state index >= 15 is 0 Å². The van der Waals surface area contributed by atoms with Gasteiger partial charge in [0, 0.05) is 38.2 Å². The summed E-state index contributed by atoms with van der Waals surface area (Å²) in [5.74, 6) is -1.67. The van der Waals surface area contributed by atoms with E-state index in [0.29, 0.717) is 47.2 Å². The van der Waals surface area contributed by atoms with E-state index in [1.165, 1.54) is 28.1 Å². The second kappa shape index (κ2) is 12.7. The van der Waals surface area contributed by atoms with Crippen molar-refractivity contribution in [3.05, 3.63) is 106 Å². The summed E-state index contributed by atoms with van der Waals surface area (Å²) in [4.78, 5) is 31.1. The second-order valence-corrected chi connectivity index (χ2v) is 10.1. The van der Waals surface area contributed by atoms with Crippen LogP contribution in [0.15, 0.2) is 77.9 Å². The standard InChI is InChI=1S/C30H29ClF2N4O3/c31-25-7-3-1-5-23(25)30(39)36(14-13-35-15-17-40-18-16-35)20-29(38)37-28(21-9-11-22(32)12-10-21)19-27(34-37)24-6-2-4-8-26(24)33/h1-12,28H,13-20H2. The van der Waals surface area contributed by atoms with Crippen LogP contribution < -0.4 is 0 Å². The molecule has 5 rings (SSSR count). The lowest BCUT2D eigenvalue weighted by Crippen LogP contribution is -2.46. The molecule has 7 nitrogen and oxygen atoms in total. The second-order valence-electron chi connectivity index (χ2n) is 9.70. The highest BCUT2D eigenvalue weighted by atomic mass is 35.5. The fourth-order valence-electron chi connectivity index (χ4n) is 4.92. The minimum Gasteiger partial charge on any atom is -0.379 e. The van der Waals surface area contributed by atoms with E-state index in [1.807, 2.05) is 0 Å². The van der Waals surface area contributed by atoms with Crippen molar-refractivity contribution >= 4 is 29.1 Å². The van der Waals surface area contributed by atoms with E-state index in [1.54, 1.807) is 54.6 Å². The molecule has 0 aliphatic carbocycles. The summed E-state index contributed by atoms with van der Waals surface area (Å²) in [6.07, 6.45) is 0.241. The van der Waals surface area contributed by atoms with Gasteiger partial charge in [0.2, 0.25) is 0 Å². The molecular weight excluding hydrogens is 538 g/mol. The minimum absolute atomic E-state index is 0.241. The summed E-state index contributed by atoms with van der Waals surface area (Å²) in [7, 11) is 0. The van der Waals surface area contributed by atoms with Gasteiger partial charge in [-0.05, 0) is 35.9 Å². The molecule has 0 saturated carbocycles. The lowest BCUT2D eigenvalue weighted by molar-refractivity contribution is -0.133. The Kier molecular flexibility index (Phi) is 8.84. The predicted octanol–water partition coefficient (Wildman–Crippen LogP) is 4.77. The van der Waals surface area contributed by atoms with Crippen molar-refractivity contribution in [1.82, 2.24) is 14.8 Å². The Labute approximate surface area is 236 Å². The fraction of sp³-hybridized carbons (Fsp3) is 0.300. The van der Waals surface area contributed by atoms with Crippen LogP contribution in [-0.4, -0.2) is 78.3 Å². The molecular formula is C30H29ClF2N4O3. The molecule has 1 atom stereocenters. The number of hydrazone groups is 1. The van der Waals surface area contributed by atoms with Gasteiger partial charge < -0.3 is 9.64 Å². The Morgan fingerprint density at radius 2 is 1.68 bits per heavy atom. The molecule has 0 bridgehead atoms. The first-order valence-electron chi connectivity index (χ1n) is 13.1. The third-order valence-corrected chi connectivity index (χ3v) is 7.44. The van der Waals surface area contributed by atoms with Gasteiger partial charge in [-0.25, -0.2) is 13.8 Å². The highest BCUT2D eigenvalue weighted by Crippen LogP contribution is 2.33. The van der Waals surface area contributed by atoms with Crippen molar-refractivity contribution in [2.24, 2.45) is 5.10 Å². The molecule has 1 saturated heterocycles. The summed E-state index contributed by atoms with van der Waals surface area (Å²) in [6.45, 7) is 3.26. The number of morpholine rings is 1. The number of hydrogen-bond donors (Lipinski definition) is 0. The maximum atomic E-state index is 14.7. The van der Waals surface area contributed by atoms with Gasteiger partial charge in [-0.15, -0.1) is 0 Å². The topological polar surface area (TPSA) is 65.5 Å². The monoisotopic (exact) mass is 566 g/mol. The van der Waals surface area contributed by atoms with Crippen molar-refractivity contribution in [1.29, 1.82) is 0 Å². The van der Waals surface area contributed by atoms with E-state index in [2.05, 4.69) is 10.0 Å². The highest BCUT2D eigenvalue weighted by molar-refractivity contribution is 6.33. The maximum Gasteiger partial charge on any atom is 0.262 e. The van der Waals surface area contributed by atoms with Gasteiger partial charge in [-0.1, -0.05) is 54.1 Å². The van der Waals surface area contributed by atoms with E-state index in [-0.39, 0.29) is 25.4 Å². The maximum absolute atomic E-state index is 14.7. The molecule has 2 heterocycles. The average Bonchev–Trinajstić information content (AvgIpc) is 3.42. The number of benzene rings is 3. The summed E-state index contributed by atoms with van der Waals surface area (Å²) in [5, 5.41) is 6.11. The molecule has 0 radical (unpaired) electrons. The lowest BCUT2D eigenvalue weighted by atomic mass is 9.98. The molecule has 0 N–H and O–H groups in total. The van der Waals surface area contributed by atoms with Gasteiger partial charge in [0.15, 0.2) is 0 Å². The Morgan fingerprint density at radius 1 is 0.975 bits per heavy atom. The first-order valence-corrected chi connectivity index (χ1v) is 13.5. The van der Waals surface area contributed by atoms with Crippen molar-refractivity contribution in [3.8, 4) is 0 Å². The molecule has 40 heavy (non-hydrogen) atoms. The number of rotatable bonds is 8. The number of halogens is 3. The summed E-state index contributed by atoms with van der Waals surface area (Å²) in [6, 6.07) is 18.2. The third kappa shape index (κ3) is 6.38. The van der Waals surface area contributed by atoms with Crippen LogP contribution in [0.2, 0.25) is 5.02 Å². The molecule has 3 aromatic rings. The van der Waals surface area contributed by atoms with Crippen LogP contribution in [0, 0.1) is 11.6 Å². The summed E-state index contributed by atoms with van der Waals surface area (Å²) >= 11 is 6.34. The van der Waals surface area contributed by atoms with Crippen LogP contribution in [0.1, 0.15) is 33.9 Å². The van der Waals surface area contributed by atoms with Gasteiger partial charge in [-0.3, -0.25) is 14.5 Å². The first-order chi connectivity index (χ1) is 19.4. The van der Waals surface area contributed by atoms with Crippen molar-refractivity contribution in [2.75, 3.05) is 45.9 Å². The number of carbonyl (C=O) groups excluding carboxylic acids is 2. The molecule has 2 aliphatic rings. The van der Waals surface area contributed by atoms with Crippen LogP contribution in [0.5, 0.6) is 0 Å². The van der Waals surface area contributed by atoms with E-state index in [0.717, 1.165) is 13.1 Å². The molecule has 3 aromatic carbocycles. The first kappa shape index (κ1) is 27.9. The van der Waals surface area contributed by atoms with E-state index in [4.69, 9.17) is 16.3 Å². The van der Waals surface area contributed by atoms with Crippen LogP contribution in [0.4, 0.5) is 8.78 Å². The number of nitrogens with zero attached hydrogens (tertiary/aromatic N) is 4. The van der Waals surface area contributed by atoms with Gasteiger partial charge in [0.1, 0.15) is 18.2 Å². The Bertz CT molecular complexity index is 1400. The van der Waals surface area contributed by atoms with Crippen LogP contribution in [0.3, 0.4) is 0 Å². The van der Waals surface area contributed by atoms with Gasteiger partial charge in [0.05, 0.1) is 35.6 Å². The molecule has 1 fully saturated rings. The normalized spacial score (nSPS) is 17.5. The van der Waals surface area contributed by atoms with E-state index in [9.17, 15) is 18.4 Å². The van der Waals surface area contributed by atoms with E-state index < -0.39 is 23.6 Å². The van der Waals surface area contributed by atoms with Crippen LogP contribution in [0.25, 0.3) is 0 Å². The van der Waals surface area contributed by atoms with Gasteiger partial charge in [-0.2, -0.15) is 5.10 Å². The van der Waals surface area contributed by atoms with Crippen molar-refractivity contribution in [3.63, 3.8) is 0 Å². The van der Waals surface area contributed by atoms with Crippen LogP contribution in [-0.2, 0) is 9.53 Å². The highest BCUT2D eigenvalue weighted by Gasteiger charge is 2.35. The van der Waals surface area contributed by atoms with Crippen molar-refractivity contribution < 1.29 is 23.1 Å². The summed E-state index contributed by atoms with van der Waals surface area (Å²) in [5.41, 5.74) is 1.65. The molecule has 10 heteroatoms. The molecule has 0 spiro atoms. The quantitative estimate of drug-likeness (QED) is 0.394. The number of carbonyl (C=O) groups is 2. The Hall–Kier alpha value is -3.66. The average molecular weight is 567 g/mol. The summed E-state index contributed by atoms with van der Waals surface area (Å²) < 4.78 is 33.8. The van der Waals surface area contributed by atoms with Crippen LogP contribution >= 0.6 is 11.6 Å². The number of amides is 2. The molecule has 2 aliphatic heterocycles. The molecule has 1 unspecified atom stereocenters. The van der Waals surface area contributed by atoms with Gasteiger partial charge in [0.25, 0.3) is 11.8 Å². The Morgan fingerprint density at radius 3 is 2.40 bits per heavy atom. The zero-order valence-electron chi connectivity index (χ0n) is 21.8. The predicted molar refractivity (Wildman–Crippen MR) is 148 cm³/mol. The number of hydrogen-bond acceptors (Lipinski definition) is 5. The van der Waals surface area contributed by atoms with Crippen molar-refractivity contribution in [2.45, 2.75) is 12.5 Å². The SMILES string of the molecule is O=C(c1ccccc1Cl)N(CCN1CCOCC1)CC(=O)N1N=C(c2ccccc2F)CC1c1ccc(F)cc1. The molecule has 0 aromatic heterocycles. The Balaban J connectivity index is 1.43. The third-order valence-electron chi connectivity index (χ3n) is 7.11. The number of ether oxygens (including phenoxy) is 1. The molecule has 2 amide bonds. The van der Waals surface area contributed by atoms with Gasteiger partial charge >= 0.3 is 0 Å². The zero-order valence-corrected chi connectivity index (χ0v) is 22.6. The fourth-order valence-corrected chi connectivity index (χ4v) is 5.14. The largest absolute Gasteiger partial charge is 0.379 e. The lowest BCUT2D eigenvalue weighted by Gasteiger charge is -2.31. The molecule has 208 valence electrons.